The minimum atomic E-state index is -0.182. The zero-order chi connectivity index (χ0) is 14.4. The Kier molecular flexibility index (Phi) is 5.40. The maximum absolute atomic E-state index is 12.0. The molecule has 0 aliphatic rings. The molecular formula is C14H14ClNO3S. The molecule has 0 saturated carbocycles. The summed E-state index contributed by atoms with van der Waals surface area (Å²) in [6.45, 7) is 0.811. The summed E-state index contributed by atoms with van der Waals surface area (Å²) in [4.78, 5) is 12.7. The van der Waals surface area contributed by atoms with E-state index in [1.807, 2.05) is 11.4 Å². The SMILES string of the molecule is COCCOc1c(Cl)cccc1NC(=O)c1cccs1. The molecule has 0 unspecified atom stereocenters. The van der Waals surface area contributed by atoms with Crippen molar-refractivity contribution < 1.29 is 14.3 Å². The van der Waals surface area contributed by atoms with Crippen molar-refractivity contribution in [1.82, 2.24) is 0 Å². The summed E-state index contributed by atoms with van der Waals surface area (Å²) in [5.74, 6) is 0.273. The zero-order valence-corrected chi connectivity index (χ0v) is 12.5. The van der Waals surface area contributed by atoms with E-state index in [1.165, 1.54) is 11.3 Å². The van der Waals surface area contributed by atoms with E-state index in [4.69, 9.17) is 21.1 Å². The molecule has 0 spiro atoms. The molecule has 0 bridgehead atoms. The molecule has 4 nitrogen and oxygen atoms in total. The first-order valence-electron chi connectivity index (χ1n) is 5.97. The Labute approximate surface area is 126 Å². The van der Waals surface area contributed by atoms with Gasteiger partial charge in [0.25, 0.3) is 5.91 Å². The van der Waals surface area contributed by atoms with E-state index in [0.29, 0.717) is 34.6 Å². The predicted molar refractivity (Wildman–Crippen MR) is 81.1 cm³/mol. The Bertz CT molecular complexity index is 572. The lowest BCUT2D eigenvalue weighted by Crippen LogP contribution is -2.12. The minimum absolute atomic E-state index is 0.182. The molecule has 2 rings (SSSR count). The molecule has 6 heteroatoms. The number of hydrogen-bond acceptors (Lipinski definition) is 4. The summed E-state index contributed by atoms with van der Waals surface area (Å²) in [6.07, 6.45) is 0. The summed E-state index contributed by atoms with van der Waals surface area (Å²) in [7, 11) is 1.59. The lowest BCUT2D eigenvalue weighted by atomic mass is 10.3. The van der Waals surface area contributed by atoms with E-state index in [2.05, 4.69) is 5.32 Å². The Hall–Kier alpha value is -1.56. The number of halogens is 1. The van der Waals surface area contributed by atoms with Crippen LogP contribution in [0.2, 0.25) is 5.02 Å². The molecule has 0 aliphatic carbocycles. The van der Waals surface area contributed by atoms with Crippen LogP contribution in [0, 0.1) is 0 Å². The van der Waals surface area contributed by atoms with E-state index >= 15 is 0 Å². The summed E-state index contributed by atoms with van der Waals surface area (Å²) in [5.41, 5.74) is 0.548. The van der Waals surface area contributed by atoms with Crippen LogP contribution in [0.5, 0.6) is 5.75 Å². The molecular weight excluding hydrogens is 298 g/mol. The van der Waals surface area contributed by atoms with Crippen LogP contribution in [0.4, 0.5) is 5.69 Å². The van der Waals surface area contributed by atoms with Gasteiger partial charge in [0.05, 0.1) is 22.2 Å². The standard InChI is InChI=1S/C14H14ClNO3S/c1-18-7-8-19-13-10(15)4-2-5-11(13)16-14(17)12-6-3-9-20-12/h2-6,9H,7-8H2,1H3,(H,16,17). The van der Waals surface area contributed by atoms with Gasteiger partial charge in [0.1, 0.15) is 6.61 Å². The third-order valence-corrected chi connectivity index (χ3v) is 3.66. The van der Waals surface area contributed by atoms with Gasteiger partial charge in [-0.15, -0.1) is 11.3 Å². The number of carbonyl (C=O) groups excluding carboxylic acids is 1. The number of nitrogens with one attached hydrogen (secondary N) is 1. The van der Waals surface area contributed by atoms with Crippen molar-refractivity contribution in [2.75, 3.05) is 25.6 Å². The number of hydrogen-bond donors (Lipinski definition) is 1. The Morgan fingerprint density at radius 2 is 2.15 bits per heavy atom. The smallest absolute Gasteiger partial charge is 0.265 e. The first kappa shape index (κ1) is 14.8. The molecule has 0 radical (unpaired) electrons. The average Bonchev–Trinajstić information content (AvgIpc) is 2.96. The number of thiophene rings is 1. The largest absolute Gasteiger partial charge is 0.487 e. The Morgan fingerprint density at radius 3 is 2.85 bits per heavy atom. The Balaban J connectivity index is 2.14. The Morgan fingerprint density at radius 1 is 1.30 bits per heavy atom. The number of ether oxygens (including phenoxy) is 2. The van der Waals surface area contributed by atoms with Gasteiger partial charge in [-0.1, -0.05) is 23.7 Å². The van der Waals surface area contributed by atoms with Crippen LogP contribution in [0.15, 0.2) is 35.7 Å². The summed E-state index contributed by atoms with van der Waals surface area (Å²) >= 11 is 7.48. The van der Waals surface area contributed by atoms with Crippen molar-refractivity contribution in [3.63, 3.8) is 0 Å². The number of benzene rings is 1. The molecule has 1 aromatic carbocycles. The second-order valence-corrected chi connectivity index (χ2v) is 5.24. The van der Waals surface area contributed by atoms with Crippen molar-refractivity contribution in [1.29, 1.82) is 0 Å². The highest BCUT2D eigenvalue weighted by atomic mass is 35.5. The molecule has 1 amide bonds. The van der Waals surface area contributed by atoms with Gasteiger partial charge in [0, 0.05) is 7.11 Å². The lowest BCUT2D eigenvalue weighted by molar-refractivity contribution is 0.102. The van der Waals surface area contributed by atoms with E-state index in [9.17, 15) is 4.79 Å². The summed E-state index contributed by atoms with van der Waals surface area (Å²) in [6, 6.07) is 8.81. The number of amides is 1. The molecule has 0 atom stereocenters. The number of carbonyl (C=O) groups is 1. The van der Waals surface area contributed by atoms with Crippen LogP contribution < -0.4 is 10.1 Å². The van der Waals surface area contributed by atoms with Crippen LogP contribution in [0.3, 0.4) is 0 Å². The van der Waals surface area contributed by atoms with Gasteiger partial charge in [0.15, 0.2) is 5.75 Å². The molecule has 0 saturated heterocycles. The van der Waals surface area contributed by atoms with E-state index in [1.54, 1.807) is 31.4 Å². The minimum Gasteiger partial charge on any atom is -0.487 e. The third-order valence-electron chi connectivity index (χ3n) is 2.49. The number of rotatable bonds is 6. The first-order chi connectivity index (χ1) is 9.72. The third kappa shape index (κ3) is 3.72. The zero-order valence-electron chi connectivity index (χ0n) is 10.9. The summed E-state index contributed by atoms with van der Waals surface area (Å²) in [5, 5.41) is 5.10. The van der Waals surface area contributed by atoms with Gasteiger partial charge in [-0.3, -0.25) is 4.79 Å². The fraction of sp³-hybridized carbons (Fsp3) is 0.214. The van der Waals surface area contributed by atoms with Gasteiger partial charge in [-0.05, 0) is 23.6 Å². The molecule has 106 valence electrons. The molecule has 1 heterocycles. The molecule has 0 aliphatic heterocycles. The monoisotopic (exact) mass is 311 g/mol. The fourth-order valence-electron chi connectivity index (χ4n) is 1.57. The average molecular weight is 312 g/mol. The summed E-state index contributed by atoms with van der Waals surface area (Å²) < 4.78 is 10.5. The van der Waals surface area contributed by atoms with E-state index in [-0.39, 0.29) is 5.91 Å². The molecule has 20 heavy (non-hydrogen) atoms. The molecule has 1 N–H and O–H groups in total. The maximum atomic E-state index is 12.0. The fourth-order valence-corrected chi connectivity index (χ4v) is 2.42. The number of methoxy groups -OCH3 is 1. The predicted octanol–water partition coefficient (Wildman–Crippen LogP) is 3.68. The van der Waals surface area contributed by atoms with Gasteiger partial charge in [-0.25, -0.2) is 0 Å². The van der Waals surface area contributed by atoms with Crippen molar-refractivity contribution in [2.45, 2.75) is 0 Å². The van der Waals surface area contributed by atoms with E-state index in [0.717, 1.165) is 0 Å². The topological polar surface area (TPSA) is 47.6 Å². The van der Waals surface area contributed by atoms with Gasteiger partial charge in [-0.2, -0.15) is 0 Å². The molecule has 0 fully saturated rings. The number of anilines is 1. The van der Waals surface area contributed by atoms with Gasteiger partial charge in [0.2, 0.25) is 0 Å². The second kappa shape index (κ2) is 7.28. The van der Waals surface area contributed by atoms with Crippen molar-refractivity contribution in [3.8, 4) is 5.75 Å². The van der Waals surface area contributed by atoms with E-state index < -0.39 is 0 Å². The molecule has 1 aromatic heterocycles. The number of para-hydroxylation sites is 1. The second-order valence-electron chi connectivity index (χ2n) is 3.89. The van der Waals surface area contributed by atoms with Crippen molar-refractivity contribution in [3.05, 3.63) is 45.6 Å². The highest BCUT2D eigenvalue weighted by Gasteiger charge is 2.13. The first-order valence-corrected chi connectivity index (χ1v) is 7.23. The van der Waals surface area contributed by atoms with Gasteiger partial charge < -0.3 is 14.8 Å². The van der Waals surface area contributed by atoms with Crippen molar-refractivity contribution >= 4 is 34.5 Å². The normalized spacial score (nSPS) is 10.3. The maximum Gasteiger partial charge on any atom is 0.265 e. The van der Waals surface area contributed by atoms with Crippen LogP contribution in [-0.4, -0.2) is 26.2 Å². The van der Waals surface area contributed by atoms with Crippen LogP contribution in [0.25, 0.3) is 0 Å². The van der Waals surface area contributed by atoms with Gasteiger partial charge >= 0.3 is 0 Å². The van der Waals surface area contributed by atoms with Crippen LogP contribution in [0.1, 0.15) is 9.67 Å². The lowest BCUT2D eigenvalue weighted by Gasteiger charge is -2.13. The van der Waals surface area contributed by atoms with Crippen molar-refractivity contribution in [2.24, 2.45) is 0 Å². The quantitative estimate of drug-likeness (QED) is 0.828. The highest BCUT2D eigenvalue weighted by molar-refractivity contribution is 7.12. The van der Waals surface area contributed by atoms with Crippen LogP contribution in [-0.2, 0) is 4.74 Å². The van der Waals surface area contributed by atoms with Crippen LogP contribution >= 0.6 is 22.9 Å². The molecule has 2 aromatic rings. The highest BCUT2D eigenvalue weighted by Crippen LogP contribution is 2.33.